The lowest BCUT2D eigenvalue weighted by Crippen LogP contribution is -2.42. The molecule has 0 aliphatic heterocycles. The van der Waals surface area contributed by atoms with Gasteiger partial charge in [-0.1, -0.05) is 55.3 Å². The van der Waals surface area contributed by atoms with Gasteiger partial charge in [0.2, 0.25) is 0 Å². The highest BCUT2D eigenvalue weighted by Crippen LogP contribution is 2.43. The third kappa shape index (κ3) is 3.99. The maximum atomic E-state index is 13.2. The normalized spacial score (nSPS) is 15.0. The van der Waals surface area contributed by atoms with Gasteiger partial charge in [-0.15, -0.1) is 0 Å². The summed E-state index contributed by atoms with van der Waals surface area (Å²) in [6, 6.07) is 7.54. The first-order chi connectivity index (χ1) is 11.9. The Hall–Kier alpha value is -1.73. The van der Waals surface area contributed by atoms with Gasteiger partial charge in [-0.25, -0.2) is 0 Å². The molecule has 2 rings (SSSR count). The number of halogens is 7. The Bertz CT molecular complexity index is 767. The molecule has 2 aromatic carbocycles. The fourth-order valence-corrected chi connectivity index (χ4v) is 2.95. The van der Waals surface area contributed by atoms with E-state index in [1.807, 2.05) is 0 Å². The molecule has 0 aromatic heterocycles. The molecule has 0 heterocycles. The van der Waals surface area contributed by atoms with E-state index in [2.05, 4.69) is 0 Å². The monoisotopic (exact) mass is 396 g/mol. The summed E-state index contributed by atoms with van der Waals surface area (Å²) in [5.41, 5.74) is -3.65. The summed E-state index contributed by atoms with van der Waals surface area (Å²) in [5, 5.41) is 9.91. The molecule has 0 saturated heterocycles. The Kier molecular flexibility index (Phi) is 5.63. The van der Waals surface area contributed by atoms with Crippen molar-refractivity contribution < 1.29 is 31.4 Å². The number of benzene rings is 2. The van der Waals surface area contributed by atoms with E-state index in [-0.39, 0.29) is 22.6 Å². The van der Waals surface area contributed by atoms with E-state index < -0.39 is 29.9 Å². The van der Waals surface area contributed by atoms with Crippen molar-refractivity contribution in [3.8, 4) is 11.1 Å². The Morgan fingerprint density at radius 2 is 1.42 bits per heavy atom. The third-order valence-corrected chi connectivity index (χ3v) is 4.36. The predicted molar refractivity (Wildman–Crippen MR) is 86.7 cm³/mol. The number of aliphatic hydroxyl groups is 1. The molecule has 1 nitrogen and oxygen atoms in total. The zero-order chi connectivity index (χ0) is 19.8. The molecular weight excluding hydrogens is 382 g/mol. The molecule has 0 bridgehead atoms. The van der Waals surface area contributed by atoms with Crippen LogP contribution in [0.15, 0.2) is 42.5 Å². The Balaban J connectivity index is 2.41. The zero-order valence-corrected chi connectivity index (χ0v) is 14.3. The molecule has 0 radical (unpaired) electrons. The maximum Gasteiger partial charge on any atom is 0.421 e. The summed E-state index contributed by atoms with van der Waals surface area (Å²) < 4.78 is 77.8. The quantitative estimate of drug-likeness (QED) is 0.579. The van der Waals surface area contributed by atoms with Crippen LogP contribution in [-0.2, 0) is 11.8 Å². The summed E-state index contributed by atoms with van der Waals surface area (Å²) in [6.45, 7) is 1.52. The molecule has 2 aromatic rings. The molecule has 26 heavy (non-hydrogen) atoms. The van der Waals surface area contributed by atoms with Gasteiger partial charge in [0.25, 0.3) is 0 Å². The second kappa shape index (κ2) is 7.12. The average molecular weight is 397 g/mol. The number of rotatable bonds is 4. The van der Waals surface area contributed by atoms with Crippen LogP contribution < -0.4 is 0 Å². The summed E-state index contributed by atoms with van der Waals surface area (Å²) in [5.74, 6) is 0. The van der Waals surface area contributed by atoms with Gasteiger partial charge in [0.1, 0.15) is 0 Å². The van der Waals surface area contributed by atoms with Crippen LogP contribution in [0.2, 0.25) is 5.02 Å². The summed E-state index contributed by atoms with van der Waals surface area (Å²) in [7, 11) is 0. The minimum Gasteiger partial charge on any atom is -0.376 e. The lowest BCUT2D eigenvalue weighted by Gasteiger charge is -2.30. The fourth-order valence-electron chi connectivity index (χ4n) is 2.66. The van der Waals surface area contributed by atoms with Crippen LogP contribution in [0.3, 0.4) is 0 Å². The first kappa shape index (κ1) is 20.6. The van der Waals surface area contributed by atoms with Crippen molar-refractivity contribution in [3.63, 3.8) is 0 Å². The van der Waals surface area contributed by atoms with Crippen molar-refractivity contribution >= 4 is 11.6 Å². The Labute approximate surface area is 151 Å². The summed E-state index contributed by atoms with van der Waals surface area (Å²) in [4.78, 5) is 0. The highest BCUT2D eigenvalue weighted by atomic mass is 35.5. The minimum atomic E-state index is -4.85. The van der Waals surface area contributed by atoms with Gasteiger partial charge in [0.15, 0.2) is 5.60 Å². The van der Waals surface area contributed by atoms with Crippen LogP contribution >= 0.6 is 11.6 Å². The highest BCUT2D eigenvalue weighted by molar-refractivity contribution is 6.33. The van der Waals surface area contributed by atoms with E-state index in [1.165, 1.54) is 19.1 Å². The molecule has 0 fully saturated rings. The van der Waals surface area contributed by atoms with Gasteiger partial charge in [-0.2, -0.15) is 26.3 Å². The van der Waals surface area contributed by atoms with E-state index in [0.29, 0.717) is 5.56 Å². The molecule has 0 saturated carbocycles. The van der Waals surface area contributed by atoms with Crippen molar-refractivity contribution in [2.45, 2.75) is 37.7 Å². The van der Waals surface area contributed by atoms with E-state index in [9.17, 15) is 31.4 Å². The largest absolute Gasteiger partial charge is 0.421 e. The van der Waals surface area contributed by atoms with E-state index >= 15 is 0 Å². The fraction of sp³-hybridized carbons (Fsp3) is 0.333. The predicted octanol–water partition coefficient (Wildman–Crippen LogP) is 6.58. The third-order valence-electron chi connectivity index (χ3n) is 4.05. The Morgan fingerprint density at radius 3 is 1.85 bits per heavy atom. The lowest BCUT2D eigenvalue weighted by atomic mass is 9.87. The number of alkyl halides is 6. The topological polar surface area (TPSA) is 20.2 Å². The minimum absolute atomic E-state index is 0.114. The Morgan fingerprint density at radius 1 is 0.885 bits per heavy atom. The lowest BCUT2D eigenvalue weighted by molar-refractivity contribution is -0.269. The summed E-state index contributed by atoms with van der Waals surface area (Å²) >= 11 is 5.89. The van der Waals surface area contributed by atoms with E-state index in [4.69, 9.17) is 11.6 Å². The van der Waals surface area contributed by atoms with Crippen molar-refractivity contribution in [1.29, 1.82) is 0 Å². The van der Waals surface area contributed by atoms with Crippen LogP contribution in [0, 0.1) is 0 Å². The molecule has 1 unspecified atom stereocenters. The zero-order valence-electron chi connectivity index (χ0n) is 13.5. The van der Waals surface area contributed by atoms with Crippen molar-refractivity contribution in [2.75, 3.05) is 0 Å². The molecule has 1 N–H and O–H groups in total. The second-order valence-corrected chi connectivity index (χ2v) is 6.28. The van der Waals surface area contributed by atoms with Crippen LogP contribution in [0.1, 0.15) is 30.9 Å². The second-order valence-electron chi connectivity index (χ2n) is 5.88. The average Bonchev–Trinajstić information content (AvgIpc) is 2.53. The van der Waals surface area contributed by atoms with Gasteiger partial charge >= 0.3 is 12.4 Å². The molecular formula is C18H15ClF6O. The van der Waals surface area contributed by atoms with Gasteiger partial charge < -0.3 is 5.11 Å². The van der Waals surface area contributed by atoms with Gasteiger partial charge in [0.05, 0.1) is 5.56 Å². The number of hydrogen-bond acceptors (Lipinski definition) is 1. The van der Waals surface area contributed by atoms with Crippen LogP contribution in [-0.4, -0.2) is 11.3 Å². The molecule has 142 valence electrons. The SMILES string of the molecule is CCCC(O)(c1ccc(-c2ccc(C(F)(F)F)cc2Cl)cc1)C(F)(F)F. The van der Waals surface area contributed by atoms with Gasteiger partial charge in [-0.05, 0) is 29.7 Å². The molecule has 8 heteroatoms. The van der Waals surface area contributed by atoms with Crippen molar-refractivity contribution in [2.24, 2.45) is 0 Å². The van der Waals surface area contributed by atoms with Crippen molar-refractivity contribution in [3.05, 3.63) is 58.6 Å². The van der Waals surface area contributed by atoms with Crippen molar-refractivity contribution in [1.82, 2.24) is 0 Å². The van der Waals surface area contributed by atoms with Crippen LogP contribution in [0.5, 0.6) is 0 Å². The van der Waals surface area contributed by atoms with Crippen LogP contribution in [0.25, 0.3) is 11.1 Å². The van der Waals surface area contributed by atoms with Gasteiger partial charge in [-0.3, -0.25) is 0 Å². The molecule has 1 atom stereocenters. The summed E-state index contributed by atoms with van der Waals surface area (Å²) in [6.07, 6.45) is -9.79. The first-order valence-electron chi connectivity index (χ1n) is 7.67. The molecule has 0 aliphatic carbocycles. The molecule has 0 amide bonds. The van der Waals surface area contributed by atoms with Gasteiger partial charge in [0, 0.05) is 10.6 Å². The van der Waals surface area contributed by atoms with E-state index in [0.717, 1.165) is 30.3 Å². The first-order valence-corrected chi connectivity index (χ1v) is 8.04. The van der Waals surface area contributed by atoms with Crippen LogP contribution in [0.4, 0.5) is 26.3 Å². The standard InChI is InChI=1S/C18H15ClF6O/c1-2-9-16(26,18(23,24)25)12-5-3-11(4-6-12)14-8-7-13(10-15(14)19)17(20,21)22/h3-8,10,26H,2,9H2,1H3. The molecule has 0 spiro atoms. The highest BCUT2D eigenvalue weighted by Gasteiger charge is 2.54. The smallest absolute Gasteiger partial charge is 0.376 e. The number of hydrogen-bond donors (Lipinski definition) is 1. The molecule has 0 aliphatic rings. The van der Waals surface area contributed by atoms with E-state index in [1.54, 1.807) is 0 Å². The maximum absolute atomic E-state index is 13.2.